The molecular weight excluding hydrogens is 429 g/mol. The van der Waals surface area contributed by atoms with E-state index >= 15 is 0 Å². The van der Waals surface area contributed by atoms with Crippen LogP contribution in [-0.2, 0) is 10.9 Å². The first-order valence-electron chi connectivity index (χ1n) is 11.0. The van der Waals surface area contributed by atoms with Gasteiger partial charge < -0.3 is 14.7 Å². The van der Waals surface area contributed by atoms with E-state index < -0.39 is 17.8 Å². The number of ether oxygens (including phenoxy) is 1. The Morgan fingerprint density at radius 3 is 2.45 bits per heavy atom. The lowest BCUT2D eigenvalue weighted by Gasteiger charge is -2.39. The van der Waals surface area contributed by atoms with Gasteiger partial charge in [0.15, 0.2) is 0 Å². The molecule has 0 spiro atoms. The summed E-state index contributed by atoms with van der Waals surface area (Å²) in [6, 6.07) is 5.49. The summed E-state index contributed by atoms with van der Waals surface area (Å²) in [6.45, 7) is 10.4. The third-order valence-corrected chi connectivity index (χ3v) is 6.25. The van der Waals surface area contributed by atoms with E-state index in [0.717, 1.165) is 18.9 Å². The summed E-state index contributed by atoms with van der Waals surface area (Å²) in [5, 5.41) is 10.4. The third-order valence-electron chi connectivity index (χ3n) is 6.25. The molecule has 0 aromatic heterocycles. The van der Waals surface area contributed by atoms with E-state index in [0.29, 0.717) is 50.9 Å². The Balaban J connectivity index is 0.00000341. The first kappa shape index (κ1) is 26.2. The minimum atomic E-state index is -4.33. The largest absolute Gasteiger partial charge is 0.416 e. The van der Waals surface area contributed by atoms with Crippen molar-refractivity contribution in [2.45, 2.75) is 58.4 Å². The van der Waals surface area contributed by atoms with E-state index in [-0.39, 0.29) is 23.9 Å². The lowest BCUT2D eigenvalue weighted by atomic mass is 9.71. The van der Waals surface area contributed by atoms with Crippen LogP contribution in [0.3, 0.4) is 0 Å². The molecule has 31 heavy (non-hydrogen) atoms. The van der Waals surface area contributed by atoms with E-state index in [1.165, 1.54) is 18.6 Å². The van der Waals surface area contributed by atoms with Gasteiger partial charge in [0.25, 0.3) is 0 Å². The standard InChI is InChI=1S/C23H35F3N2O2.ClH/c1-17-11-21(14-22(2,3)13-17)30-16-20(29)15-27-7-9-28(10-8-27)19-6-4-5-18(12-19)23(24,25)26;/h4-6,12,17,20-21,29H,7-11,13-16H2,1-3H3;1H. The minimum absolute atomic E-state index is 0. The highest BCUT2D eigenvalue weighted by atomic mass is 35.5. The van der Waals surface area contributed by atoms with E-state index in [4.69, 9.17) is 4.74 Å². The van der Waals surface area contributed by atoms with Crippen LogP contribution in [0.25, 0.3) is 0 Å². The summed E-state index contributed by atoms with van der Waals surface area (Å²) in [4.78, 5) is 4.13. The monoisotopic (exact) mass is 464 g/mol. The van der Waals surface area contributed by atoms with Gasteiger partial charge in [-0.3, -0.25) is 4.90 Å². The van der Waals surface area contributed by atoms with Crippen molar-refractivity contribution in [3.8, 4) is 0 Å². The molecule has 2 aliphatic rings. The number of halogens is 4. The van der Waals surface area contributed by atoms with E-state index in [1.54, 1.807) is 6.07 Å². The van der Waals surface area contributed by atoms with Gasteiger partial charge in [-0.05, 0) is 48.8 Å². The lowest BCUT2D eigenvalue weighted by Crippen LogP contribution is -2.49. The van der Waals surface area contributed by atoms with Crippen LogP contribution < -0.4 is 4.90 Å². The van der Waals surface area contributed by atoms with Gasteiger partial charge in [0.05, 0.1) is 24.4 Å². The average molecular weight is 465 g/mol. The number of aliphatic hydroxyl groups is 1. The molecule has 0 bridgehead atoms. The van der Waals surface area contributed by atoms with Crippen molar-refractivity contribution >= 4 is 18.1 Å². The molecule has 0 radical (unpaired) electrons. The number of piperazine rings is 1. The van der Waals surface area contributed by atoms with Gasteiger partial charge in [0.2, 0.25) is 0 Å². The Labute approximate surface area is 190 Å². The van der Waals surface area contributed by atoms with Crippen LogP contribution >= 0.6 is 12.4 Å². The SMILES string of the molecule is CC1CC(OCC(O)CN2CCN(c3cccc(C(F)(F)F)c3)CC2)CC(C)(C)C1.Cl. The van der Waals surface area contributed by atoms with Crippen molar-refractivity contribution in [3.05, 3.63) is 29.8 Å². The Kier molecular flexibility index (Phi) is 9.08. The summed E-state index contributed by atoms with van der Waals surface area (Å²) in [5.41, 5.74) is 0.269. The van der Waals surface area contributed by atoms with Crippen LogP contribution in [0.4, 0.5) is 18.9 Å². The highest BCUT2D eigenvalue weighted by Crippen LogP contribution is 2.39. The van der Waals surface area contributed by atoms with E-state index in [1.807, 2.05) is 4.90 Å². The first-order chi connectivity index (χ1) is 14.0. The molecule has 1 aliphatic heterocycles. The Bertz CT molecular complexity index is 694. The van der Waals surface area contributed by atoms with Gasteiger partial charge in [0, 0.05) is 38.4 Å². The predicted octanol–water partition coefficient (Wildman–Crippen LogP) is 4.84. The number of nitrogens with zero attached hydrogens (tertiary/aromatic N) is 2. The molecule has 1 aromatic carbocycles. The molecule has 8 heteroatoms. The normalized spacial score (nSPS) is 25.7. The summed E-state index contributed by atoms with van der Waals surface area (Å²) in [7, 11) is 0. The number of hydrogen-bond donors (Lipinski definition) is 1. The highest BCUT2D eigenvalue weighted by Gasteiger charge is 2.33. The second kappa shape index (κ2) is 10.7. The Morgan fingerprint density at radius 1 is 1.16 bits per heavy atom. The quantitative estimate of drug-likeness (QED) is 0.653. The molecular formula is C23H36ClF3N2O2. The van der Waals surface area contributed by atoms with Crippen molar-refractivity contribution in [2.24, 2.45) is 11.3 Å². The zero-order valence-corrected chi connectivity index (χ0v) is 19.5. The van der Waals surface area contributed by atoms with Crippen molar-refractivity contribution in [3.63, 3.8) is 0 Å². The molecule has 0 amide bonds. The van der Waals surface area contributed by atoms with Crippen LogP contribution in [0.1, 0.15) is 45.6 Å². The van der Waals surface area contributed by atoms with Crippen molar-refractivity contribution in [2.75, 3.05) is 44.2 Å². The number of β-amino-alcohol motifs (C(OH)–C–C–N with tert-alkyl or cyclic N) is 1. The van der Waals surface area contributed by atoms with Gasteiger partial charge in [-0.15, -0.1) is 12.4 Å². The number of anilines is 1. The topological polar surface area (TPSA) is 35.9 Å². The third kappa shape index (κ3) is 7.81. The Morgan fingerprint density at radius 2 is 1.84 bits per heavy atom. The van der Waals surface area contributed by atoms with Gasteiger partial charge in [-0.1, -0.05) is 26.8 Å². The van der Waals surface area contributed by atoms with Crippen molar-refractivity contribution in [1.29, 1.82) is 0 Å². The Hall–Kier alpha value is -1.02. The summed E-state index contributed by atoms with van der Waals surface area (Å²) >= 11 is 0. The maximum absolute atomic E-state index is 12.9. The summed E-state index contributed by atoms with van der Waals surface area (Å²) < 4.78 is 44.9. The smallest absolute Gasteiger partial charge is 0.389 e. The number of benzene rings is 1. The average Bonchev–Trinajstić information content (AvgIpc) is 2.65. The number of alkyl halides is 3. The zero-order chi connectivity index (χ0) is 21.9. The minimum Gasteiger partial charge on any atom is -0.389 e. The van der Waals surface area contributed by atoms with Crippen LogP contribution in [-0.4, -0.2) is 61.5 Å². The van der Waals surface area contributed by atoms with Crippen LogP contribution in [0, 0.1) is 11.3 Å². The second-order valence-electron chi connectivity index (χ2n) is 9.86. The van der Waals surface area contributed by atoms with Crippen LogP contribution in [0.5, 0.6) is 0 Å². The molecule has 178 valence electrons. The fourth-order valence-electron chi connectivity index (χ4n) is 5.05. The molecule has 3 unspecified atom stereocenters. The lowest BCUT2D eigenvalue weighted by molar-refractivity contribution is -0.137. The van der Waals surface area contributed by atoms with Crippen LogP contribution in [0.15, 0.2) is 24.3 Å². The fraction of sp³-hybridized carbons (Fsp3) is 0.739. The van der Waals surface area contributed by atoms with Gasteiger partial charge >= 0.3 is 6.18 Å². The first-order valence-corrected chi connectivity index (χ1v) is 11.0. The van der Waals surface area contributed by atoms with Gasteiger partial charge in [-0.25, -0.2) is 0 Å². The molecule has 4 nitrogen and oxygen atoms in total. The van der Waals surface area contributed by atoms with E-state index in [9.17, 15) is 18.3 Å². The zero-order valence-electron chi connectivity index (χ0n) is 18.7. The molecule has 1 saturated carbocycles. The maximum Gasteiger partial charge on any atom is 0.416 e. The summed E-state index contributed by atoms with van der Waals surface area (Å²) in [6.07, 6.45) is -1.38. The highest BCUT2D eigenvalue weighted by molar-refractivity contribution is 5.85. The fourth-order valence-corrected chi connectivity index (χ4v) is 5.05. The van der Waals surface area contributed by atoms with Crippen molar-refractivity contribution in [1.82, 2.24) is 4.90 Å². The molecule has 1 aromatic rings. The molecule has 1 N–H and O–H groups in total. The number of aliphatic hydroxyl groups excluding tert-OH is 1. The molecule has 1 heterocycles. The number of rotatable bonds is 6. The summed E-state index contributed by atoms with van der Waals surface area (Å²) in [5.74, 6) is 0.639. The molecule has 3 rings (SSSR count). The number of hydrogen-bond acceptors (Lipinski definition) is 4. The van der Waals surface area contributed by atoms with Crippen molar-refractivity contribution < 1.29 is 23.0 Å². The van der Waals surface area contributed by atoms with E-state index in [2.05, 4.69) is 25.7 Å². The molecule has 1 saturated heterocycles. The molecule has 3 atom stereocenters. The molecule has 2 fully saturated rings. The predicted molar refractivity (Wildman–Crippen MR) is 120 cm³/mol. The molecule has 1 aliphatic carbocycles. The maximum atomic E-state index is 12.9. The van der Waals surface area contributed by atoms with Crippen LogP contribution in [0.2, 0.25) is 0 Å². The van der Waals surface area contributed by atoms with Gasteiger partial charge in [0.1, 0.15) is 0 Å². The second-order valence-corrected chi connectivity index (χ2v) is 9.86. The van der Waals surface area contributed by atoms with Gasteiger partial charge in [-0.2, -0.15) is 13.2 Å².